The van der Waals surface area contributed by atoms with Crippen LogP contribution in [0.4, 0.5) is 11.4 Å². The van der Waals surface area contributed by atoms with E-state index in [1.807, 2.05) is 4.90 Å². The van der Waals surface area contributed by atoms with Crippen LogP contribution < -0.4 is 4.90 Å². The van der Waals surface area contributed by atoms with Crippen molar-refractivity contribution in [2.45, 2.75) is 19.3 Å². The molecule has 0 radical (unpaired) electrons. The monoisotopic (exact) mass is 275 g/mol. The molecular weight excluding hydrogens is 258 g/mol. The van der Waals surface area contributed by atoms with Gasteiger partial charge >= 0.3 is 0 Å². The third kappa shape index (κ3) is 2.21. The first kappa shape index (κ1) is 12.9. The summed E-state index contributed by atoms with van der Waals surface area (Å²) in [6.45, 7) is 3.20. The topological polar surface area (TPSA) is 66.7 Å². The fraction of sp³-hybridized carbons (Fsp3) is 0.500. The minimum absolute atomic E-state index is 0.0401. The Morgan fingerprint density at radius 2 is 1.80 bits per heavy atom. The van der Waals surface area contributed by atoms with E-state index < -0.39 is 0 Å². The van der Waals surface area contributed by atoms with Gasteiger partial charge in [-0.1, -0.05) is 0 Å². The van der Waals surface area contributed by atoms with Crippen molar-refractivity contribution in [3.05, 3.63) is 33.9 Å². The number of anilines is 1. The van der Waals surface area contributed by atoms with E-state index in [1.165, 1.54) is 6.07 Å². The van der Waals surface area contributed by atoms with Gasteiger partial charge in [0.25, 0.3) is 11.6 Å². The van der Waals surface area contributed by atoms with Crippen LogP contribution >= 0.6 is 0 Å². The molecule has 0 bridgehead atoms. The SMILES string of the molecule is O=C(c1ccc(N2CCCC2)c([N+](=O)[O-])c1)N1CCC1. The first-order chi connectivity index (χ1) is 9.66. The highest BCUT2D eigenvalue weighted by molar-refractivity contribution is 5.96. The maximum Gasteiger partial charge on any atom is 0.293 e. The van der Waals surface area contributed by atoms with Crippen molar-refractivity contribution < 1.29 is 9.72 Å². The number of amides is 1. The average molecular weight is 275 g/mol. The first-order valence-corrected chi connectivity index (χ1v) is 6.99. The number of hydrogen-bond donors (Lipinski definition) is 0. The largest absolute Gasteiger partial charge is 0.366 e. The van der Waals surface area contributed by atoms with Gasteiger partial charge in [-0.25, -0.2) is 0 Å². The standard InChI is InChI=1S/C14H17N3O3/c18-14(16-8-3-9-16)11-4-5-12(13(10-11)17(19)20)15-6-1-2-7-15/h4-5,10H,1-3,6-9H2. The Kier molecular flexibility index (Phi) is 3.30. The molecule has 2 saturated heterocycles. The maximum atomic E-state index is 12.1. The summed E-state index contributed by atoms with van der Waals surface area (Å²) >= 11 is 0. The van der Waals surface area contributed by atoms with Crippen LogP contribution in [0.5, 0.6) is 0 Å². The lowest BCUT2D eigenvalue weighted by Gasteiger charge is -2.31. The number of likely N-dealkylation sites (tertiary alicyclic amines) is 1. The van der Waals surface area contributed by atoms with Crippen molar-refractivity contribution in [1.29, 1.82) is 0 Å². The molecule has 106 valence electrons. The summed E-state index contributed by atoms with van der Waals surface area (Å²) in [7, 11) is 0. The predicted octanol–water partition coefficient (Wildman–Crippen LogP) is 2.04. The molecule has 0 spiro atoms. The molecule has 1 aromatic rings. The number of nitro benzene ring substituents is 1. The Bertz CT molecular complexity index is 549. The van der Waals surface area contributed by atoms with Gasteiger partial charge < -0.3 is 9.80 Å². The van der Waals surface area contributed by atoms with Gasteiger partial charge in [0.05, 0.1) is 4.92 Å². The number of benzene rings is 1. The molecule has 2 aliphatic heterocycles. The van der Waals surface area contributed by atoms with Crippen LogP contribution in [0.15, 0.2) is 18.2 Å². The van der Waals surface area contributed by atoms with Crippen molar-refractivity contribution in [3.63, 3.8) is 0 Å². The Labute approximate surface area is 117 Å². The minimum Gasteiger partial charge on any atom is -0.366 e. The molecule has 6 nitrogen and oxygen atoms in total. The molecule has 2 heterocycles. The van der Waals surface area contributed by atoms with E-state index in [-0.39, 0.29) is 16.5 Å². The molecule has 1 amide bonds. The number of carbonyl (C=O) groups excluding carboxylic acids is 1. The van der Waals surface area contributed by atoms with Gasteiger partial charge in [-0.15, -0.1) is 0 Å². The van der Waals surface area contributed by atoms with Crippen LogP contribution in [0.1, 0.15) is 29.6 Å². The normalized spacial score (nSPS) is 18.0. The van der Waals surface area contributed by atoms with Crippen molar-refractivity contribution >= 4 is 17.3 Å². The van der Waals surface area contributed by atoms with Gasteiger partial charge in [-0.05, 0) is 31.4 Å². The lowest BCUT2D eigenvalue weighted by Crippen LogP contribution is -2.42. The van der Waals surface area contributed by atoms with E-state index in [2.05, 4.69) is 0 Å². The van der Waals surface area contributed by atoms with Gasteiger partial charge in [-0.2, -0.15) is 0 Å². The molecule has 20 heavy (non-hydrogen) atoms. The van der Waals surface area contributed by atoms with Crippen LogP contribution in [-0.2, 0) is 0 Å². The Morgan fingerprint density at radius 3 is 2.35 bits per heavy atom. The molecule has 0 aliphatic carbocycles. The molecule has 6 heteroatoms. The zero-order valence-corrected chi connectivity index (χ0v) is 11.2. The molecule has 0 N–H and O–H groups in total. The number of nitro groups is 1. The summed E-state index contributed by atoms with van der Waals surface area (Å²) in [5.74, 6) is -0.104. The number of hydrogen-bond acceptors (Lipinski definition) is 4. The van der Waals surface area contributed by atoms with Crippen LogP contribution in [0.3, 0.4) is 0 Å². The van der Waals surface area contributed by atoms with Crippen molar-refractivity contribution in [3.8, 4) is 0 Å². The lowest BCUT2D eigenvalue weighted by molar-refractivity contribution is -0.384. The Morgan fingerprint density at radius 1 is 1.10 bits per heavy atom. The van der Waals surface area contributed by atoms with E-state index in [9.17, 15) is 14.9 Å². The third-order valence-corrected chi connectivity index (χ3v) is 4.01. The van der Waals surface area contributed by atoms with E-state index in [0.717, 1.165) is 45.4 Å². The zero-order valence-electron chi connectivity index (χ0n) is 11.2. The highest BCUT2D eigenvalue weighted by Gasteiger charge is 2.27. The van der Waals surface area contributed by atoms with Crippen LogP contribution in [0.2, 0.25) is 0 Å². The highest BCUT2D eigenvalue weighted by atomic mass is 16.6. The van der Waals surface area contributed by atoms with Gasteiger partial charge in [0.15, 0.2) is 0 Å². The third-order valence-electron chi connectivity index (χ3n) is 4.01. The molecule has 2 aliphatic rings. The summed E-state index contributed by atoms with van der Waals surface area (Å²) in [5.41, 5.74) is 1.09. The van der Waals surface area contributed by atoms with Gasteiger partial charge in [0, 0.05) is 37.8 Å². The summed E-state index contributed by atoms with van der Waals surface area (Å²) < 4.78 is 0. The molecule has 3 rings (SSSR count). The molecule has 0 unspecified atom stereocenters. The Hall–Kier alpha value is -2.11. The Balaban J connectivity index is 1.92. The second-order valence-corrected chi connectivity index (χ2v) is 5.30. The van der Waals surface area contributed by atoms with Crippen LogP contribution in [0, 0.1) is 10.1 Å². The number of rotatable bonds is 3. The second kappa shape index (κ2) is 5.11. The van der Waals surface area contributed by atoms with Gasteiger partial charge in [-0.3, -0.25) is 14.9 Å². The zero-order chi connectivity index (χ0) is 14.1. The van der Waals surface area contributed by atoms with E-state index in [4.69, 9.17) is 0 Å². The number of nitrogens with zero attached hydrogens (tertiary/aromatic N) is 3. The number of carbonyl (C=O) groups is 1. The summed E-state index contributed by atoms with van der Waals surface area (Å²) in [5, 5.41) is 11.3. The van der Waals surface area contributed by atoms with E-state index in [1.54, 1.807) is 17.0 Å². The van der Waals surface area contributed by atoms with Crippen molar-refractivity contribution in [2.75, 3.05) is 31.1 Å². The van der Waals surface area contributed by atoms with Gasteiger partial charge in [0.2, 0.25) is 0 Å². The predicted molar refractivity (Wildman–Crippen MR) is 75.1 cm³/mol. The second-order valence-electron chi connectivity index (χ2n) is 5.30. The maximum absolute atomic E-state index is 12.1. The van der Waals surface area contributed by atoms with E-state index in [0.29, 0.717) is 11.3 Å². The van der Waals surface area contributed by atoms with Crippen LogP contribution in [0.25, 0.3) is 0 Å². The average Bonchev–Trinajstić information content (AvgIpc) is 2.89. The molecular formula is C14H17N3O3. The lowest BCUT2D eigenvalue weighted by atomic mass is 10.1. The fourth-order valence-corrected chi connectivity index (χ4v) is 2.73. The fourth-order valence-electron chi connectivity index (χ4n) is 2.73. The summed E-state index contributed by atoms with van der Waals surface area (Å²) in [6, 6.07) is 4.85. The molecule has 0 saturated carbocycles. The minimum atomic E-state index is -0.388. The first-order valence-electron chi connectivity index (χ1n) is 6.99. The van der Waals surface area contributed by atoms with Crippen molar-refractivity contribution in [2.24, 2.45) is 0 Å². The van der Waals surface area contributed by atoms with Gasteiger partial charge in [0.1, 0.15) is 5.69 Å². The summed E-state index contributed by atoms with van der Waals surface area (Å²) in [6.07, 6.45) is 3.14. The molecule has 1 aromatic carbocycles. The molecule has 0 atom stereocenters. The van der Waals surface area contributed by atoms with Crippen molar-refractivity contribution in [1.82, 2.24) is 4.90 Å². The molecule has 0 aromatic heterocycles. The quantitative estimate of drug-likeness (QED) is 0.625. The smallest absolute Gasteiger partial charge is 0.293 e. The highest BCUT2D eigenvalue weighted by Crippen LogP contribution is 2.32. The van der Waals surface area contributed by atoms with Crippen LogP contribution in [-0.4, -0.2) is 41.9 Å². The van der Waals surface area contributed by atoms with E-state index >= 15 is 0 Å². The molecule has 2 fully saturated rings. The summed E-state index contributed by atoms with van der Waals surface area (Å²) in [4.78, 5) is 26.7.